The summed E-state index contributed by atoms with van der Waals surface area (Å²) in [5, 5.41) is 5.86. The molecule has 4 atom stereocenters. The average Bonchev–Trinajstić information content (AvgIpc) is 1.78. The fourth-order valence-corrected chi connectivity index (χ4v) is 16.2. The van der Waals surface area contributed by atoms with Crippen LogP contribution in [0.2, 0.25) is 5.02 Å². The highest BCUT2D eigenvalue weighted by Crippen LogP contribution is 2.44. The minimum atomic E-state index is -6.20. The van der Waals surface area contributed by atoms with Gasteiger partial charge in [-0.15, -0.1) is 11.8 Å². The highest BCUT2D eigenvalue weighted by molar-refractivity contribution is 7.99. The molecule has 5 aromatic rings. The molecule has 5 amide bonds. The number of sulfonamides is 1. The molecule has 0 saturated carbocycles. The van der Waals surface area contributed by atoms with Gasteiger partial charge in [0, 0.05) is 116 Å². The Bertz CT molecular complexity index is 3810. The molecule has 2 bridgehead atoms. The van der Waals surface area contributed by atoms with Crippen molar-refractivity contribution < 1.29 is 58.4 Å². The Balaban J connectivity index is 0.742. The monoisotopic (exact) mass is 1290 g/mol. The molecule has 466 valence electrons. The van der Waals surface area contributed by atoms with Gasteiger partial charge in [0.05, 0.1) is 21.7 Å². The number of piperidine rings is 3. The van der Waals surface area contributed by atoms with Crippen molar-refractivity contribution in [3.8, 4) is 0 Å². The van der Waals surface area contributed by atoms with Gasteiger partial charge in [0.25, 0.3) is 37.6 Å². The summed E-state index contributed by atoms with van der Waals surface area (Å²) < 4.78 is 117. The van der Waals surface area contributed by atoms with E-state index in [-0.39, 0.29) is 59.3 Å². The number of piperazine rings is 2. The number of amides is 5. The van der Waals surface area contributed by atoms with E-state index in [0.29, 0.717) is 50.2 Å². The van der Waals surface area contributed by atoms with Gasteiger partial charge in [0.2, 0.25) is 11.8 Å². The van der Waals surface area contributed by atoms with E-state index in [1.807, 2.05) is 47.2 Å². The van der Waals surface area contributed by atoms with Gasteiger partial charge in [0.15, 0.2) is 0 Å². The summed E-state index contributed by atoms with van der Waals surface area (Å²) >= 11 is 7.60. The van der Waals surface area contributed by atoms with E-state index in [4.69, 9.17) is 11.6 Å². The van der Waals surface area contributed by atoms with E-state index < -0.39 is 93.8 Å². The maximum absolute atomic E-state index is 16.3. The van der Waals surface area contributed by atoms with E-state index in [0.717, 1.165) is 79.4 Å². The van der Waals surface area contributed by atoms with Crippen LogP contribution in [0.25, 0.3) is 5.57 Å². The molecule has 17 nitrogen and oxygen atoms in total. The first-order valence-electron chi connectivity index (χ1n) is 29.3. The quantitative estimate of drug-likeness (QED) is 0.0400. The molecule has 1 aliphatic carbocycles. The molecule has 5 aromatic carbocycles. The van der Waals surface area contributed by atoms with E-state index >= 15 is 4.39 Å². The van der Waals surface area contributed by atoms with E-state index in [1.165, 1.54) is 52.7 Å². The molecule has 0 spiro atoms. The first-order chi connectivity index (χ1) is 41.8. The van der Waals surface area contributed by atoms with E-state index in [1.54, 1.807) is 12.1 Å². The van der Waals surface area contributed by atoms with Gasteiger partial charge in [-0.05, 0) is 134 Å². The number of fused-ring (bicyclic) bond motifs is 4. The van der Waals surface area contributed by atoms with Gasteiger partial charge in [-0.2, -0.15) is 13.2 Å². The molecule has 5 fully saturated rings. The van der Waals surface area contributed by atoms with Crippen LogP contribution in [0.15, 0.2) is 129 Å². The maximum atomic E-state index is 16.3. The zero-order valence-corrected chi connectivity index (χ0v) is 51.7. The Morgan fingerprint density at radius 1 is 0.807 bits per heavy atom. The molecular weight excluding hydrogens is 1220 g/mol. The predicted molar refractivity (Wildman–Crippen MR) is 326 cm³/mol. The summed E-state index contributed by atoms with van der Waals surface area (Å²) in [5.41, 5.74) is -1.79. The smallest absolute Gasteiger partial charge is 0.380 e. The van der Waals surface area contributed by atoms with Gasteiger partial charge >= 0.3 is 5.51 Å². The number of rotatable bonds is 19. The molecule has 3 unspecified atom stereocenters. The van der Waals surface area contributed by atoms with Gasteiger partial charge in [-0.25, -0.2) is 25.9 Å². The summed E-state index contributed by atoms with van der Waals surface area (Å²) in [7, 11) is -11.2. The molecule has 88 heavy (non-hydrogen) atoms. The van der Waals surface area contributed by atoms with E-state index in [2.05, 4.69) is 56.2 Å². The molecule has 12 rings (SSSR count). The van der Waals surface area contributed by atoms with Crippen molar-refractivity contribution in [1.82, 2.24) is 29.6 Å². The second-order valence-corrected chi connectivity index (χ2v) is 29.4. The summed E-state index contributed by atoms with van der Waals surface area (Å²) in [4.78, 5) is 73.1. The Morgan fingerprint density at radius 2 is 1.50 bits per heavy atom. The second-order valence-electron chi connectivity index (χ2n) is 24.3. The molecule has 5 saturated heterocycles. The number of benzene rings is 5. The number of halogens is 5. The van der Waals surface area contributed by atoms with Crippen LogP contribution in [-0.2, 0) is 36.0 Å². The van der Waals surface area contributed by atoms with Crippen molar-refractivity contribution in [1.29, 1.82) is 0 Å². The first kappa shape index (κ1) is 62.9. The minimum absolute atomic E-state index is 0.0462. The molecular formula is C63H67ClF4N8O9S3. The van der Waals surface area contributed by atoms with Crippen LogP contribution in [0.3, 0.4) is 0 Å². The number of imide groups is 2. The lowest BCUT2D eigenvalue weighted by atomic mass is 9.73. The number of alkyl halides is 3. The minimum Gasteiger partial charge on any atom is -0.380 e. The number of carbonyl (C=O) groups is 5. The third-order valence-electron chi connectivity index (χ3n) is 17.8. The first-order valence-corrected chi connectivity index (χ1v) is 33.7. The van der Waals surface area contributed by atoms with Crippen molar-refractivity contribution in [3.05, 3.63) is 153 Å². The SMILES string of the molecule is CC1(C)CCC(c2ccc(Cl)cc2)=C(CN2CCN(c3ccc(C(=O)NS(=O)(=O)c4ccc(N[C@H](CCN5CC6CCC5CN6Cc5ccc6c(c5F)C(=O)N(C5CCC(=O)NC5=O)C6=O)CSc5ccccc5)c(S(=O)(=O)C(F)(F)F)c4)cc3)CC2)C1. The van der Waals surface area contributed by atoms with Crippen LogP contribution in [0.5, 0.6) is 0 Å². The summed E-state index contributed by atoms with van der Waals surface area (Å²) in [6.07, 6.45) is 4.74. The standard InChI is InChI=1S/C63H67ClF4N8O9S3/c1-62(2)26-24-50(39-8-13-43(64)14-9-39)42(33-62)34-72-28-30-73(31-29-72)45-15-10-40(11-16-45)58(78)71-88(84,85)49-19-21-52(54(32-49)87(82,83)63(66,67)68)69-44(38-86-48-6-4-3-5-7-48)25-27-74-36-47-18-17-46(74)37-75(47)35-41-12-20-51-56(57(41)65)61(81)76(60(51)80)53-22-23-55(77)70-59(53)79/h3-16,19-21,32,44,46-47,53,69H,17-18,22-31,33-38H2,1-2H3,(H,71,78)(H,70,77,79)/t44-,46?,47?,53?/m1/s1. The van der Waals surface area contributed by atoms with Crippen molar-refractivity contribution in [3.63, 3.8) is 0 Å². The Kier molecular flexibility index (Phi) is 18.1. The largest absolute Gasteiger partial charge is 0.501 e. The molecule has 0 radical (unpaired) electrons. The normalized spacial score (nSPS) is 21.6. The third-order valence-corrected chi connectivity index (χ3v) is 22.1. The average molecular weight is 1290 g/mol. The van der Waals surface area contributed by atoms with Crippen LogP contribution >= 0.6 is 23.4 Å². The third kappa shape index (κ3) is 13.4. The summed E-state index contributed by atoms with van der Waals surface area (Å²) in [6.45, 7) is 9.94. The van der Waals surface area contributed by atoms with Crippen LogP contribution < -0.4 is 20.3 Å². The molecule has 6 aliphatic heterocycles. The number of nitrogens with zero attached hydrogens (tertiary/aromatic N) is 5. The zero-order chi connectivity index (χ0) is 62.5. The Morgan fingerprint density at radius 3 is 2.17 bits per heavy atom. The van der Waals surface area contributed by atoms with Crippen LogP contribution in [0.4, 0.5) is 28.9 Å². The van der Waals surface area contributed by atoms with Crippen LogP contribution in [-0.4, -0.2) is 154 Å². The van der Waals surface area contributed by atoms with Gasteiger partial charge < -0.3 is 10.2 Å². The molecule has 25 heteroatoms. The number of hydrogen-bond donors (Lipinski definition) is 3. The van der Waals surface area contributed by atoms with Crippen LogP contribution in [0, 0.1) is 11.2 Å². The van der Waals surface area contributed by atoms with Crippen molar-refractivity contribution in [2.45, 2.75) is 116 Å². The highest BCUT2D eigenvalue weighted by atomic mass is 35.5. The fourth-order valence-electron chi connectivity index (χ4n) is 13.0. The van der Waals surface area contributed by atoms with E-state index in [9.17, 15) is 54.0 Å². The van der Waals surface area contributed by atoms with Gasteiger partial charge in [-0.1, -0.05) is 67.4 Å². The number of thioether (sulfide) groups is 1. The topological polar surface area (TPSA) is 206 Å². The predicted octanol–water partition coefficient (Wildman–Crippen LogP) is 9.39. The lowest BCUT2D eigenvalue weighted by Gasteiger charge is -2.52. The van der Waals surface area contributed by atoms with Crippen molar-refractivity contribution in [2.24, 2.45) is 5.41 Å². The Hall–Kier alpha value is -6.67. The number of hydrogen-bond acceptors (Lipinski definition) is 15. The highest BCUT2D eigenvalue weighted by Gasteiger charge is 2.50. The van der Waals surface area contributed by atoms with Gasteiger partial charge in [-0.3, -0.25) is 48.9 Å². The number of anilines is 2. The lowest BCUT2D eigenvalue weighted by molar-refractivity contribution is -0.136. The Labute approximate surface area is 518 Å². The fraction of sp³-hybridized carbons (Fsp3) is 0.413. The zero-order valence-electron chi connectivity index (χ0n) is 48.5. The number of nitrogens with one attached hydrogen (secondary N) is 3. The molecule has 7 aliphatic rings. The number of allylic oxidation sites excluding steroid dienone is 1. The van der Waals surface area contributed by atoms with Crippen molar-refractivity contribution in [2.75, 3.05) is 68.3 Å². The lowest BCUT2D eigenvalue weighted by Crippen LogP contribution is -2.62. The molecule has 0 aromatic heterocycles. The summed E-state index contributed by atoms with van der Waals surface area (Å²) in [6, 6.07) is 26.6. The molecule has 6 heterocycles. The second kappa shape index (κ2) is 25.3. The molecule has 3 N–H and O–H groups in total. The maximum Gasteiger partial charge on any atom is 0.501 e. The van der Waals surface area contributed by atoms with Crippen molar-refractivity contribution >= 4 is 89.7 Å². The number of sulfone groups is 1. The van der Waals surface area contributed by atoms with Crippen LogP contribution in [0.1, 0.15) is 107 Å². The summed E-state index contributed by atoms with van der Waals surface area (Å²) in [5.74, 6) is -4.79. The number of carbonyl (C=O) groups excluding carboxylic acids is 5. The van der Waals surface area contributed by atoms with Gasteiger partial charge in [0.1, 0.15) is 16.8 Å².